The zero-order chi connectivity index (χ0) is 28.8. The summed E-state index contributed by atoms with van der Waals surface area (Å²) in [6.45, 7) is 0.408. The van der Waals surface area contributed by atoms with Crippen molar-refractivity contribution in [1.82, 2.24) is 4.57 Å². The van der Waals surface area contributed by atoms with Crippen LogP contribution in [-0.2, 0) is 13.0 Å². The average Bonchev–Trinajstić information content (AvgIpc) is 3.31. The maximum Gasteiger partial charge on any atom is 0.271 e. The molecule has 4 nitrogen and oxygen atoms in total. The fourth-order valence-electron chi connectivity index (χ4n) is 5.58. The van der Waals surface area contributed by atoms with Crippen molar-refractivity contribution in [2.75, 3.05) is 0 Å². The van der Waals surface area contributed by atoms with E-state index in [0.29, 0.717) is 26.7 Å². The first-order valence-electron chi connectivity index (χ1n) is 13.5. The first kappa shape index (κ1) is 27.1. The zero-order valence-electron chi connectivity index (χ0n) is 22.2. The van der Waals surface area contributed by atoms with Gasteiger partial charge in [-0.05, 0) is 99.1 Å². The topological polar surface area (TPSA) is 43.6 Å². The van der Waals surface area contributed by atoms with E-state index in [0.717, 1.165) is 50.8 Å². The van der Waals surface area contributed by atoms with E-state index < -0.39 is 0 Å². The summed E-state index contributed by atoms with van der Waals surface area (Å²) < 4.78 is 23.0. The molecule has 0 unspecified atom stereocenters. The number of aryl methyl sites for hydroxylation is 1. The molecule has 1 aliphatic heterocycles. The van der Waals surface area contributed by atoms with E-state index in [1.165, 1.54) is 29.0 Å². The van der Waals surface area contributed by atoms with Crippen molar-refractivity contribution in [1.29, 1.82) is 0 Å². The number of rotatable bonds is 5. The fourth-order valence-corrected chi connectivity index (χ4v) is 7.22. The Bertz CT molecular complexity index is 2050. The second-order valence-electron chi connectivity index (χ2n) is 10.3. The Morgan fingerprint density at radius 3 is 2.60 bits per heavy atom. The van der Waals surface area contributed by atoms with Gasteiger partial charge in [-0.25, -0.2) is 9.38 Å². The first-order valence-corrected chi connectivity index (χ1v) is 15.5. The molecule has 1 aromatic heterocycles. The molecule has 4 aromatic carbocycles. The monoisotopic (exact) mass is 656 g/mol. The molecular weight excluding hydrogens is 635 g/mol. The summed E-state index contributed by atoms with van der Waals surface area (Å²) in [6, 6.07) is 27.7. The Balaban J connectivity index is 1.28. The molecule has 0 spiro atoms. The molecule has 2 aliphatic rings. The lowest BCUT2D eigenvalue weighted by Crippen LogP contribution is -2.38. The van der Waals surface area contributed by atoms with Gasteiger partial charge in [0.2, 0.25) is 0 Å². The molecule has 208 valence electrons. The number of ether oxygens (including phenoxy) is 1. The summed E-state index contributed by atoms with van der Waals surface area (Å²) in [5.74, 6) is 0.395. The molecule has 0 saturated heterocycles. The van der Waals surface area contributed by atoms with E-state index in [1.54, 1.807) is 16.7 Å². The molecule has 2 heterocycles. The van der Waals surface area contributed by atoms with Gasteiger partial charge in [-0.3, -0.25) is 9.36 Å². The summed E-state index contributed by atoms with van der Waals surface area (Å²) >= 11 is 11.0. The number of hydrogen-bond donors (Lipinski definition) is 0. The average molecular weight is 658 g/mol. The Morgan fingerprint density at radius 2 is 1.81 bits per heavy atom. The number of nitrogens with zero attached hydrogens (tertiary/aromatic N) is 2. The van der Waals surface area contributed by atoms with Gasteiger partial charge in [0.15, 0.2) is 4.80 Å². The third-order valence-corrected chi connectivity index (χ3v) is 9.47. The van der Waals surface area contributed by atoms with Crippen LogP contribution in [0.15, 0.2) is 111 Å². The number of fused-ring (bicyclic) bond motifs is 3. The van der Waals surface area contributed by atoms with Crippen LogP contribution in [0.1, 0.15) is 40.3 Å². The largest absolute Gasteiger partial charge is 0.488 e. The number of benzene rings is 4. The van der Waals surface area contributed by atoms with Gasteiger partial charge >= 0.3 is 0 Å². The van der Waals surface area contributed by atoms with Crippen molar-refractivity contribution >= 4 is 50.6 Å². The molecular formula is C34H23BrClFN2O2S. The van der Waals surface area contributed by atoms with Crippen molar-refractivity contribution in [2.24, 2.45) is 4.99 Å². The summed E-state index contributed by atoms with van der Waals surface area (Å²) in [6.07, 6.45) is 3.54. The molecule has 0 radical (unpaired) electrons. The molecule has 0 saturated carbocycles. The van der Waals surface area contributed by atoms with Gasteiger partial charge in [0, 0.05) is 10.6 Å². The number of thiazole rings is 1. The van der Waals surface area contributed by atoms with Crippen LogP contribution >= 0.6 is 38.9 Å². The van der Waals surface area contributed by atoms with Crippen LogP contribution in [0.4, 0.5) is 4.39 Å². The molecule has 0 bridgehead atoms. The minimum atomic E-state index is -0.345. The standard InChI is InChI=1S/C34H23BrClFN2O2S/c35-28-17-21(7-16-29(28)41-19-20-5-11-24(36)12-6-20)18-30-33(40)39-32(23-8-13-25(37)14-9-23)27-15-10-22-3-1-2-4-26(22)31(27)38-34(39)42-30/h1-9,11-14,16-18,32H,10,15,19H2/b30-18+/t32-/m0/s1. The highest BCUT2D eigenvalue weighted by Gasteiger charge is 2.32. The lowest BCUT2D eigenvalue weighted by molar-refractivity contribution is 0.304. The minimum Gasteiger partial charge on any atom is -0.488 e. The Kier molecular flexibility index (Phi) is 7.18. The third-order valence-electron chi connectivity index (χ3n) is 7.62. The molecule has 7 rings (SSSR count). The molecule has 1 aliphatic carbocycles. The summed E-state index contributed by atoms with van der Waals surface area (Å²) in [5, 5.41) is 0.684. The second kappa shape index (κ2) is 11.1. The van der Waals surface area contributed by atoms with Crippen LogP contribution in [-0.4, -0.2) is 4.57 Å². The molecule has 8 heteroatoms. The zero-order valence-corrected chi connectivity index (χ0v) is 25.3. The highest BCUT2D eigenvalue weighted by molar-refractivity contribution is 9.10. The fraction of sp³-hybridized carbons (Fsp3) is 0.118. The van der Waals surface area contributed by atoms with Crippen LogP contribution in [0.2, 0.25) is 5.02 Å². The van der Waals surface area contributed by atoms with Crippen LogP contribution < -0.4 is 19.6 Å². The van der Waals surface area contributed by atoms with E-state index in [2.05, 4.69) is 28.1 Å². The van der Waals surface area contributed by atoms with Crippen LogP contribution in [0.3, 0.4) is 0 Å². The molecule has 0 fully saturated rings. The highest BCUT2D eigenvalue weighted by Crippen LogP contribution is 2.41. The van der Waals surface area contributed by atoms with Crippen LogP contribution in [0, 0.1) is 5.82 Å². The maximum absolute atomic E-state index is 14.0. The van der Waals surface area contributed by atoms with Gasteiger partial charge in [-0.1, -0.05) is 77.5 Å². The Labute approximate surface area is 258 Å². The number of halogens is 3. The van der Waals surface area contributed by atoms with Crippen molar-refractivity contribution in [3.8, 4) is 5.75 Å². The first-order chi connectivity index (χ1) is 20.4. The molecule has 1 atom stereocenters. The van der Waals surface area contributed by atoms with Gasteiger partial charge in [0.25, 0.3) is 5.56 Å². The van der Waals surface area contributed by atoms with E-state index in [9.17, 15) is 9.18 Å². The normalized spacial score (nSPS) is 16.0. The number of aromatic nitrogens is 1. The van der Waals surface area contributed by atoms with E-state index in [4.69, 9.17) is 21.3 Å². The van der Waals surface area contributed by atoms with E-state index in [1.807, 2.05) is 60.7 Å². The Morgan fingerprint density at radius 1 is 1.02 bits per heavy atom. The molecule has 5 aromatic rings. The number of allylic oxidation sites excluding steroid dienone is 1. The predicted octanol–water partition coefficient (Wildman–Crippen LogP) is 7.45. The maximum atomic E-state index is 14.0. The van der Waals surface area contributed by atoms with E-state index in [-0.39, 0.29) is 17.4 Å². The second-order valence-corrected chi connectivity index (χ2v) is 12.6. The highest BCUT2D eigenvalue weighted by atomic mass is 79.9. The van der Waals surface area contributed by atoms with E-state index >= 15 is 0 Å². The van der Waals surface area contributed by atoms with Crippen molar-refractivity contribution in [3.63, 3.8) is 0 Å². The van der Waals surface area contributed by atoms with Crippen molar-refractivity contribution < 1.29 is 9.13 Å². The van der Waals surface area contributed by atoms with Crippen LogP contribution in [0.5, 0.6) is 5.75 Å². The lowest BCUT2D eigenvalue weighted by Gasteiger charge is -2.30. The summed E-state index contributed by atoms with van der Waals surface area (Å²) in [5.41, 5.74) is 6.99. The minimum absolute atomic E-state index is 0.113. The third kappa shape index (κ3) is 5.06. The number of hydrogen-bond acceptors (Lipinski definition) is 4. The van der Waals surface area contributed by atoms with Gasteiger partial charge < -0.3 is 4.74 Å². The van der Waals surface area contributed by atoms with Gasteiger partial charge in [-0.15, -0.1) is 0 Å². The summed E-state index contributed by atoms with van der Waals surface area (Å²) in [7, 11) is 0. The quantitative estimate of drug-likeness (QED) is 0.197. The van der Waals surface area contributed by atoms with Crippen molar-refractivity contribution in [2.45, 2.75) is 25.5 Å². The SMILES string of the molecule is O=c1/c(=C\c2ccc(OCc3ccc(Cl)cc3)c(Br)c2)sc2n1[C@@H](c1ccc(F)cc1)C1=C(N=2)c2ccccc2CC1. The van der Waals surface area contributed by atoms with Gasteiger partial charge in [0.05, 0.1) is 20.7 Å². The molecule has 42 heavy (non-hydrogen) atoms. The summed E-state index contributed by atoms with van der Waals surface area (Å²) in [4.78, 5) is 19.6. The lowest BCUT2D eigenvalue weighted by atomic mass is 9.83. The van der Waals surface area contributed by atoms with Crippen molar-refractivity contribution in [3.05, 3.63) is 159 Å². The molecule has 0 N–H and O–H groups in total. The smallest absolute Gasteiger partial charge is 0.271 e. The molecule has 0 amide bonds. The van der Waals surface area contributed by atoms with Gasteiger partial charge in [0.1, 0.15) is 18.2 Å². The predicted molar refractivity (Wildman–Crippen MR) is 169 cm³/mol. The van der Waals surface area contributed by atoms with Crippen LogP contribution in [0.25, 0.3) is 11.8 Å². The Hall–Kier alpha value is -3.78. The van der Waals surface area contributed by atoms with Gasteiger partial charge in [-0.2, -0.15) is 0 Å².